The number of furan rings is 2. The van der Waals surface area contributed by atoms with Gasteiger partial charge in [-0.2, -0.15) is 0 Å². The number of para-hydroxylation sites is 6. The average Bonchev–Trinajstić information content (AvgIpc) is 2.30. The maximum absolute atomic E-state index is 6.76. The fraction of sp³-hybridized carbons (Fsp3) is 0. The van der Waals surface area contributed by atoms with Crippen molar-refractivity contribution in [2.24, 2.45) is 0 Å². The molecule has 394 valence electrons. The van der Waals surface area contributed by atoms with Crippen LogP contribution < -0.4 is 26.2 Å². The second-order valence-electron chi connectivity index (χ2n) is 22.6. The summed E-state index contributed by atoms with van der Waals surface area (Å²) in [7, 11) is 0. The first-order valence-corrected chi connectivity index (χ1v) is 29.2. The molecule has 0 N–H and O–H groups in total. The SMILES string of the molecule is c1ccc(-c2c(N3c4cc(-n5c6ccccc6c6ccccc65)ccc4B4c5ccc(-n6c7ccccc7c7ccccc76)cc5N(c5ccc6oc7ccccc7c6c5-c5ccccc5)c5cccc3c54)ccc3oc4ccccc4c23)cc1. The lowest BCUT2D eigenvalue weighted by Gasteiger charge is -2.45. The lowest BCUT2D eigenvalue weighted by molar-refractivity contribution is 0.668. The molecule has 0 saturated carbocycles. The maximum Gasteiger partial charge on any atom is 0.252 e. The first-order chi connectivity index (χ1) is 42.2. The van der Waals surface area contributed by atoms with Gasteiger partial charge in [-0.05, 0) is 125 Å². The third-order valence-electron chi connectivity index (χ3n) is 18.3. The average molecular weight is 1080 g/mol. The zero-order chi connectivity index (χ0) is 55.4. The molecule has 0 amide bonds. The summed E-state index contributed by atoms with van der Waals surface area (Å²) in [6.07, 6.45) is 0. The van der Waals surface area contributed by atoms with Gasteiger partial charge in [0.2, 0.25) is 0 Å². The van der Waals surface area contributed by atoms with Crippen molar-refractivity contribution in [2.75, 3.05) is 9.80 Å². The lowest BCUT2D eigenvalue weighted by Crippen LogP contribution is -2.61. The fourth-order valence-electron chi connectivity index (χ4n) is 14.9. The Morgan fingerprint density at radius 2 is 0.624 bits per heavy atom. The largest absolute Gasteiger partial charge is 0.456 e. The number of aromatic nitrogens is 2. The van der Waals surface area contributed by atoms with E-state index in [0.29, 0.717) is 0 Å². The van der Waals surface area contributed by atoms with Gasteiger partial charge in [0.05, 0.1) is 33.4 Å². The van der Waals surface area contributed by atoms with Gasteiger partial charge in [-0.15, -0.1) is 0 Å². The normalized spacial score (nSPS) is 12.9. The molecule has 6 heterocycles. The van der Waals surface area contributed by atoms with Crippen LogP contribution in [0.1, 0.15) is 0 Å². The highest BCUT2D eigenvalue weighted by molar-refractivity contribution is 7.00. The van der Waals surface area contributed by atoms with Crippen molar-refractivity contribution in [3.63, 3.8) is 0 Å². The summed E-state index contributed by atoms with van der Waals surface area (Å²) in [5.41, 5.74) is 24.9. The Balaban J connectivity index is 0.952. The van der Waals surface area contributed by atoms with Gasteiger partial charge in [0.25, 0.3) is 6.71 Å². The second-order valence-corrected chi connectivity index (χ2v) is 22.6. The Morgan fingerprint density at radius 3 is 1.04 bits per heavy atom. The molecular weight excluding hydrogens is 1040 g/mol. The molecule has 0 saturated heterocycles. The van der Waals surface area contributed by atoms with Crippen molar-refractivity contribution >= 4 is 145 Å². The molecule has 0 fully saturated rings. The van der Waals surface area contributed by atoms with Crippen LogP contribution in [-0.2, 0) is 0 Å². The molecule has 6 nitrogen and oxygen atoms in total. The minimum Gasteiger partial charge on any atom is -0.456 e. The van der Waals surface area contributed by atoms with Crippen molar-refractivity contribution in [1.82, 2.24) is 9.13 Å². The van der Waals surface area contributed by atoms with Crippen molar-refractivity contribution in [3.05, 3.63) is 285 Å². The molecule has 2 aliphatic heterocycles. The highest BCUT2D eigenvalue weighted by Crippen LogP contribution is 2.53. The molecule has 2 aliphatic rings. The van der Waals surface area contributed by atoms with Crippen LogP contribution in [0.2, 0.25) is 0 Å². The third kappa shape index (κ3) is 6.49. The number of hydrogen-bond donors (Lipinski definition) is 0. The first kappa shape index (κ1) is 46.3. The van der Waals surface area contributed by atoms with Crippen molar-refractivity contribution in [2.45, 2.75) is 0 Å². The van der Waals surface area contributed by atoms with E-state index in [1.807, 2.05) is 0 Å². The predicted octanol–water partition coefficient (Wildman–Crippen LogP) is 19.1. The Kier molecular flexibility index (Phi) is 9.61. The highest BCUT2D eigenvalue weighted by Gasteiger charge is 2.45. The van der Waals surface area contributed by atoms with E-state index in [1.165, 1.54) is 37.9 Å². The summed E-state index contributed by atoms with van der Waals surface area (Å²) in [4.78, 5) is 5.15. The molecule has 13 aromatic carbocycles. The highest BCUT2D eigenvalue weighted by atomic mass is 16.3. The summed E-state index contributed by atoms with van der Waals surface area (Å²) < 4.78 is 18.4. The van der Waals surface area contributed by atoms with Crippen LogP contribution in [0.3, 0.4) is 0 Å². The molecular formula is C78H47BN4O2. The van der Waals surface area contributed by atoms with Crippen molar-refractivity contribution < 1.29 is 8.83 Å². The van der Waals surface area contributed by atoms with Crippen LogP contribution in [0.4, 0.5) is 34.1 Å². The maximum atomic E-state index is 6.76. The lowest BCUT2D eigenvalue weighted by atomic mass is 9.33. The van der Waals surface area contributed by atoms with E-state index in [9.17, 15) is 0 Å². The van der Waals surface area contributed by atoms with E-state index in [1.54, 1.807) is 0 Å². The topological polar surface area (TPSA) is 42.6 Å². The summed E-state index contributed by atoms with van der Waals surface area (Å²) >= 11 is 0. The number of hydrogen-bond acceptors (Lipinski definition) is 4. The molecule has 0 bridgehead atoms. The molecule has 0 aliphatic carbocycles. The molecule has 0 spiro atoms. The smallest absolute Gasteiger partial charge is 0.252 e. The van der Waals surface area contributed by atoms with E-state index in [0.717, 1.165) is 134 Å². The molecule has 7 heteroatoms. The van der Waals surface area contributed by atoms with Gasteiger partial charge in [-0.25, -0.2) is 0 Å². The molecule has 0 radical (unpaired) electrons. The molecule has 0 unspecified atom stereocenters. The van der Waals surface area contributed by atoms with Crippen LogP contribution in [0.5, 0.6) is 0 Å². The van der Waals surface area contributed by atoms with Crippen molar-refractivity contribution in [1.29, 1.82) is 0 Å². The number of nitrogens with zero attached hydrogens (tertiary/aromatic N) is 4. The molecule has 85 heavy (non-hydrogen) atoms. The Hall–Kier alpha value is -11.3. The molecule has 0 atom stereocenters. The van der Waals surface area contributed by atoms with Gasteiger partial charge in [-0.3, -0.25) is 0 Å². The Bertz CT molecular complexity index is 5200. The first-order valence-electron chi connectivity index (χ1n) is 29.2. The van der Waals surface area contributed by atoms with Gasteiger partial charge in [0, 0.05) is 88.3 Å². The number of benzene rings is 13. The zero-order valence-corrected chi connectivity index (χ0v) is 45.8. The van der Waals surface area contributed by atoms with Crippen LogP contribution in [0.15, 0.2) is 294 Å². The Morgan fingerprint density at radius 1 is 0.259 bits per heavy atom. The fourth-order valence-corrected chi connectivity index (χ4v) is 14.9. The van der Waals surface area contributed by atoms with Gasteiger partial charge in [-0.1, -0.05) is 188 Å². The van der Waals surface area contributed by atoms with Crippen LogP contribution in [0.25, 0.3) is 121 Å². The van der Waals surface area contributed by atoms with Gasteiger partial charge in [0.1, 0.15) is 22.3 Å². The van der Waals surface area contributed by atoms with Crippen LogP contribution in [-0.4, -0.2) is 15.8 Å². The van der Waals surface area contributed by atoms with E-state index in [-0.39, 0.29) is 6.71 Å². The van der Waals surface area contributed by atoms with E-state index in [4.69, 9.17) is 8.83 Å². The van der Waals surface area contributed by atoms with Crippen molar-refractivity contribution in [3.8, 4) is 33.6 Å². The number of anilines is 6. The molecule has 19 rings (SSSR count). The van der Waals surface area contributed by atoms with E-state index in [2.05, 4.69) is 304 Å². The van der Waals surface area contributed by atoms with Gasteiger partial charge in [0.15, 0.2) is 0 Å². The monoisotopic (exact) mass is 1080 g/mol. The van der Waals surface area contributed by atoms with E-state index >= 15 is 0 Å². The standard InChI is InChI=1S/C78H47BN4O2/c1-3-20-48(21-4-1)74-64(42-44-72-76(74)56-28-11-17-36-70(56)84-72)82-66-34-19-35-67-78(66)79(58-40-38-50(46-68(58)82)80-60-30-13-7-24-52(60)53-25-8-14-31-61(53)80)59-41-39-51(81-62-32-15-9-26-54(62)55-27-10-16-33-63(55)81)47-69(59)83(67)65-43-45-73-77(57-29-12-18-37-71(57)85-73)75(65)49-22-5-2-6-23-49/h1-47H. The van der Waals surface area contributed by atoms with Gasteiger partial charge < -0.3 is 27.8 Å². The van der Waals surface area contributed by atoms with E-state index < -0.39 is 0 Å². The Labute approximate surface area is 488 Å². The molecule has 17 aromatic rings. The third-order valence-corrected chi connectivity index (χ3v) is 18.3. The summed E-state index contributed by atoms with van der Waals surface area (Å²) in [5, 5.41) is 9.24. The van der Waals surface area contributed by atoms with Gasteiger partial charge >= 0.3 is 0 Å². The quantitative estimate of drug-likeness (QED) is 0.156. The van der Waals surface area contributed by atoms with Crippen LogP contribution >= 0.6 is 0 Å². The van der Waals surface area contributed by atoms with Crippen LogP contribution in [0, 0.1) is 0 Å². The zero-order valence-electron chi connectivity index (χ0n) is 45.8. The molecule has 4 aromatic heterocycles. The summed E-state index contributed by atoms with van der Waals surface area (Å²) in [6, 6.07) is 104. The minimum absolute atomic E-state index is 0.180. The number of fused-ring (bicyclic) bond motifs is 16. The minimum atomic E-state index is -0.180. The summed E-state index contributed by atoms with van der Waals surface area (Å²) in [5.74, 6) is 0. The predicted molar refractivity (Wildman–Crippen MR) is 355 cm³/mol. The second kappa shape index (κ2) is 17.6. The summed E-state index contributed by atoms with van der Waals surface area (Å²) in [6.45, 7) is -0.180. The number of rotatable bonds is 6.